The number of sulfone groups is 1. The van der Waals surface area contributed by atoms with Crippen LogP contribution in [-0.4, -0.2) is 56.9 Å². The summed E-state index contributed by atoms with van der Waals surface area (Å²) in [6, 6.07) is 9.30. The summed E-state index contributed by atoms with van der Waals surface area (Å²) in [7, 11) is -4.36. The molecule has 0 bridgehead atoms. The maximum Gasteiger partial charge on any atom is 0.404 e. The fraction of sp³-hybridized carbons (Fsp3) is 0.250. The van der Waals surface area contributed by atoms with E-state index in [1.165, 1.54) is 36.5 Å². The van der Waals surface area contributed by atoms with Crippen molar-refractivity contribution < 1.29 is 31.8 Å². The van der Waals surface area contributed by atoms with Crippen molar-refractivity contribution >= 4 is 45.0 Å². The molecule has 2 atom stereocenters. The van der Waals surface area contributed by atoms with Crippen LogP contribution < -0.4 is 10.2 Å². The Morgan fingerprint density at radius 1 is 1.16 bits per heavy atom. The third kappa shape index (κ3) is 6.12. The molecule has 1 amide bonds. The predicted octanol–water partition coefficient (Wildman–Crippen LogP) is 4.70. The second kappa shape index (κ2) is 11.2. The molecule has 1 saturated heterocycles. The van der Waals surface area contributed by atoms with Crippen LogP contribution in [0.2, 0.25) is 10.0 Å². The largest absolute Gasteiger partial charge is 0.465 e. The highest BCUT2D eigenvalue weighted by molar-refractivity contribution is 7.92. The number of pyridine rings is 1. The number of anilines is 1. The van der Waals surface area contributed by atoms with E-state index in [1.54, 1.807) is 4.90 Å². The first-order valence-corrected chi connectivity index (χ1v) is 13.3. The molecule has 2 aromatic carbocycles. The molecule has 1 fully saturated rings. The zero-order valence-corrected chi connectivity index (χ0v) is 21.4. The molecular weight excluding hydrogens is 551 g/mol. The van der Waals surface area contributed by atoms with Crippen LogP contribution in [0.15, 0.2) is 59.6 Å². The van der Waals surface area contributed by atoms with Crippen molar-refractivity contribution in [2.45, 2.75) is 16.2 Å². The van der Waals surface area contributed by atoms with Gasteiger partial charge in [0, 0.05) is 36.4 Å². The maximum absolute atomic E-state index is 15.0. The van der Waals surface area contributed by atoms with Crippen LogP contribution in [0, 0.1) is 11.6 Å². The highest BCUT2D eigenvalue weighted by Gasteiger charge is 2.36. The molecule has 1 aliphatic heterocycles. The van der Waals surface area contributed by atoms with Crippen molar-refractivity contribution in [1.82, 2.24) is 10.3 Å². The number of amides is 1. The van der Waals surface area contributed by atoms with E-state index < -0.39 is 44.5 Å². The summed E-state index contributed by atoms with van der Waals surface area (Å²) in [6.07, 6.45) is -0.437. The first-order chi connectivity index (χ1) is 17.6. The molecule has 37 heavy (non-hydrogen) atoms. The number of nitrogens with one attached hydrogen (secondary N) is 1. The Bertz CT molecular complexity index is 1410. The van der Waals surface area contributed by atoms with Gasteiger partial charge in [0.2, 0.25) is 0 Å². The summed E-state index contributed by atoms with van der Waals surface area (Å²) in [5, 5.41) is 9.65. The predicted molar refractivity (Wildman–Crippen MR) is 134 cm³/mol. The van der Waals surface area contributed by atoms with Crippen LogP contribution in [0.5, 0.6) is 0 Å². The number of benzene rings is 2. The molecule has 8 nitrogen and oxygen atoms in total. The summed E-state index contributed by atoms with van der Waals surface area (Å²) in [6.45, 7) is 0.919. The van der Waals surface area contributed by atoms with E-state index in [4.69, 9.17) is 33.0 Å². The summed E-state index contributed by atoms with van der Waals surface area (Å²) < 4.78 is 62.5. The molecule has 1 aromatic heterocycles. The van der Waals surface area contributed by atoms with E-state index in [1.807, 2.05) is 0 Å². The summed E-state index contributed by atoms with van der Waals surface area (Å²) >= 11 is 12.3. The van der Waals surface area contributed by atoms with Gasteiger partial charge >= 0.3 is 6.09 Å². The fourth-order valence-corrected chi connectivity index (χ4v) is 6.28. The van der Waals surface area contributed by atoms with Gasteiger partial charge in [-0.25, -0.2) is 27.0 Å². The highest BCUT2D eigenvalue weighted by Crippen LogP contribution is 2.41. The molecule has 0 saturated carbocycles. The average Bonchev–Trinajstić information content (AvgIpc) is 2.86. The van der Waals surface area contributed by atoms with Crippen LogP contribution in [0.25, 0.3) is 0 Å². The van der Waals surface area contributed by atoms with Gasteiger partial charge in [-0.05, 0) is 54.1 Å². The minimum atomic E-state index is -4.36. The van der Waals surface area contributed by atoms with Crippen LogP contribution in [0.3, 0.4) is 0 Å². The number of hydrogen-bond donors (Lipinski definition) is 2. The topological polar surface area (TPSA) is 109 Å². The van der Waals surface area contributed by atoms with Crippen LogP contribution >= 0.6 is 23.2 Å². The van der Waals surface area contributed by atoms with Gasteiger partial charge in [-0.3, -0.25) is 0 Å². The lowest BCUT2D eigenvalue weighted by molar-refractivity contribution is 0.0408. The Morgan fingerprint density at radius 2 is 1.89 bits per heavy atom. The zero-order valence-electron chi connectivity index (χ0n) is 19.1. The second-order valence-corrected chi connectivity index (χ2v) is 11.1. The fourth-order valence-electron chi connectivity index (χ4n) is 4.05. The van der Waals surface area contributed by atoms with E-state index in [2.05, 4.69) is 10.3 Å². The quantitative estimate of drug-likeness (QED) is 0.423. The number of aromatic nitrogens is 1. The smallest absolute Gasteiger partial charge is 0.404 e. The van der Waals surface area contributed by atoms with Crippen molar-refractivity contribution in [3.05, 3.63) is 87.5 Å². The van der Waals surface area contributed by atoms with Crippen LogP contribution in [0.4, 0.5) is 19.4 Å². The monoisotopic (exact) mass is 571 g/mol. The lowest BCUT2D eigenvalue weighted by atomic mass is 10.0. The molecule has 2 heterocycles. The van der Waals surface area contributed by atoms with E-state index in [0.29, 0.717) is 17.4 Å². The number of rotatable bonds is 7. The van der Waals surface area contributed by atoms with E-state index in [0.717, 1.165) is 18.2 Å². The third-order valence-corrected chi connectivity index (χ3v) is 8.42. The molecule has 13 heteroatoms. The third-order valence-electron chi connectivity index (χ3n) is 5.79. The van der Waals surface area contributed by atoms with Crippen molar-refractivity contribution in [3.63, 3.8) is 0 Å². The average molecular weight is 572 g/mol. The molecule has 4 rings (SSSR count). The molecule has 0 spiro atoms. The number of hydrogen-bond acceptors (Lipinski definition) is 6. The van der Waals surface area contributed by atoms with Gasteiger partial charge < -0.3 is 20.1 Å². The lowest BCUT2D eigenvalue weighted by Gasteiger charge is -2.34. The van der Waals surface area contributed by atoms with Gasteiger partial charge in [-0.15, -0.1) is 0 Å². The van der Waals surface area contributed by atoms with Gasteiger partial charge in [0.25, 0.3) is 0 Å². The van der Waals surface area contributed by atoms with E-state index >= 15 is 4.39 Å². The second-order valence-electron chi connectivity index (χ2n) is 8.23. The van der Waals surface area contributed by atoms with Crippen LogP contribution in [0.1, 0.15) is 16.4 Å². The van der Waals surface area contributed by atoms with Crippen molar-refractivity contribution in [2.24, 2.45) is 0 Å². The summed E-state index contributed by atoms with van der Waals surface area (Å²) in [5.41, 5.74) is -0.419. The minimum Gasteiger partial charge on any atom is -0.465 e. The maximum atomic E-state index is 15.0. The normalized spacial score (nSPS) is 16.9. The molecule has 2 unspecified atom stereocenters. The Balaban J connectivity index is 1.80. The summed E-state index contributed by atoms with van der Waals surface area (Å²) in [4.78, 5) is 16.7. The lowest BCUT2D eigenvalue weighted by Crippen LogP contribution is -2.47. The Labute approximate surface area is 221 Å². The number of carbonyl (C=O) groups is 1. The SMILES string of the molecule is O=C(O)NCC1CN(c2cc(C(c3cc(F)ccc3F)S(=O)(=O)c3ccc(Cl)cc3)c(Cl)cn2)CCO1. The standard InChI is InChI=1S/C24H21Cl2F2N3O5S/c25-14-1-4-17(5-2-14)37(34,35)23(19-9-15(27)3-6-21(19)28)18-10-22(29-12-20(18)26)31-7-8-36-16(13-31)11-30-24(32)33/h1-6,9-10,12,16,23,30H,7-8,11,13H2,(H,32,33). The van der Waals surface area contributed by atoms with Crippen LogP contribution in [-0.2, 0) is 14.6 Å². The van der Waals surface area contributed by atoms with Crippen molar-refractivity contribution in [1.29, 1.82) is 0 Å². The van der Waals surface area contributed by atoms with Gasteiger partial charge in [0.05, 0.1) is 22.6 Å². The number of halogens is 4. The van der Waals surface area contributed by atoms with Crippen molar-refractivity contribution in [3.8, 4) is 0 Å². The molecule has 0 aliphatic carbocycles. The zero-order chi connectivity index (χ0) is 26.7. The van der Waals surface area contributed by atoms with E-state index in [9.17, 15) is 17.6 Å². The Hall–Kier alpha value is -2.99. The highest BCUT2D eigenvalue weighted by atomic mass is 35.5. The minimum absolute atomic E-state index is 0.00202. The molecular formula is C24H21Cl2F2N3O5S. The first-order valence-electron chi connectivity index (χ1n) is 11.0. The van der Waals surface area contributed by atoms with Crippen molar-refractivity contribution in [2.75, 3.05) is 31.1 Å². The molecule has 2 N–H and O–H groups in total. The molecule has 0 radical (unpaired) electrons. The number of carboxylic acid groups (broad SMARTS) is 1. The van der Waals surface area contributed by atoms with Gasteiger partial charge in [0.1, 0.15) is 22.7 Å². The Kier molecular flexibility index (Phi) is 8.17. The Morgan fingerprint density at radius 3 is 2.59 bits per heavy atom. The summed E-state index contributed by atoms with van der Waals surface area (Å²) in [5.74, 6) is -1.43. The number of nitrogens with zero attached hydrogens (tertiary/aromatic N) is 2. The number of morpholine rings is 1. The molecule has 1 aliphatic rings. The van der Waals surface area contributed by atoms with E-state index in [-0.39, 0.29) is 35.2 Å². The van der Waals surface area contributed by atoms with Gasteiger partial charge in [-0.2, -0.15) is 0 Å². The van der Waals surface area contributed by atoms with Gasteiger partial charge in [-0.1, -0.05) is 23.2 Å². The first kappa shape index (κ1) is 27.1. The molecule has 3 aromatic rings. The molecule has 196 valence electrons. The van der Waals surface area contributed by atoms with Gasteiger partial charge in [0.15, 0.2) is 9.84 Å². The number of ether oxygens (including phenoxy) is 1.